The molecular weight excluding hydrogens is 304 g/mol. The van der Waals surface area contributed by atoms with E-state index < -0.39 is 0 Å². The summed E-state index contributed by atoms with van der Waals surface area (Å²) < 4.78 is 10.8. The van der Waals surface area contributed by atoms with Crippen molar-refractivity contribution in [1.29, 1.82) is 0 Å². The topological polar surface area (TPSA) is 62.0 Å². The largest absolute Gasteiger partial charge is 0.467 e. The van der Waals surface area contributed by atoms with Gasteiger partial charge in [0.2, 0.25) is 0 Å². The molecule has 24 heavy (non-hydrogen) atoms. The number of rotatable bonds is 9. The summed E-state index contributed by atoms with van der Waals surface area (Å²) in [6.45, 7) is 8.90. The van der Waals surface area contributed by atoms with Gasteiger partial charge >= 0.3 is 0 Å². The summed E-state index contributed by atoms with van der Waals surface area (Å²) in [6, 6.07) is 3.80. The van der Waals surface area contributed by atoms with Crippen LogP contribution in [0.2, 0.25) is 0 Å². The van der Waals surface area contributed by atoms with Gasteiger partial charge in [0.25, 0.3) is 0 Å². The van der Waals surface area contributed by atoms with Crippen molar-refractivity contribution in [3.63, 3.8) is 0 Å². The van der Waals surface area contributed by atoms with Crippen LogP contribution in [-0.2, 0) is 11.3 Å². The van der Waals surface area contributed by atoms with Crippen LogP contribution in [0.1, 0.15) is 31.9 Å². The second-order valence-corrected chi connectivity index (χ2v) is 6.44. The van der Waals surface area contributed by atoms with Crippen LogP contribution in [0.3, 0.4) is 0 Å². The Bertz CT molecular complexity index is 454. The van der Waals surface area contributed by atoms with E-state index in [-0.39, 0.29) is 0 Å². The first-order valence-electron chi connectivity index (χ1n) is 9.05. The summed E-state index contributed by atoms with van der Waals surface area (Å²) in [5, 5.41) is 6.71. The van der Waals surface area contributed by atoms with Gasteiger partial charge in [0.05, 0.1) is 6.26 Å². The maximum atomic E-state index is 5.56. The van der Waals surface area contributed by atoms with Crippen molar-refractivity contribution < 1.29 is 9.15 Å². The number of furan rings is 1. The van der Waals surface area contributed by atoms with Crippen molar-refractivity contribution in [3.8, 4) is 0 Å². The van der Waals surface area contributed by atoms with Crippen LogP contribution in [0.5, 0.6) is 0 Å². The number of hydrogen-bond acceptors (Lipinski definition) is 4. The lowest BCUT2D eigenvalue weighted by Crippen LogP contribution is -2.43. The molecule has 0 amide bonds. The molecule has 0 aliphatic carbocycles. The van der Waals surface area contributed by atoms with Crippen molar-refractivity contribution >= 4 is 5.96 Å². The van der Waals surface area contributed by atoms with E-state index >= 15 is 0 Å². The van der Waals surface area contributed by atoms with Crippen molar-refractivity contribution in [2.75, 3.05) is 46.4 Å². The maximum Gasteiger partial charge on any atom is 0.191 e. The van der Waals surface area contributed by atoms with E-state index in [2.05, 4.69) is 27.4 Å². The molecule has 2 rings (SSSR count). The third-order valence-electron chi connectivity index (χ3n) is 4.40. The Morgan fingerprint density at radius 2 is 2.12 bits per heavy atom. The summed E-state index contributed by atoms with van der Waals surface area (Å²) in [4.78, 5) is 6.79. The number of guanidine groups is 1. The molecule has 1 fully saturated rings. The van der Waals surface area contributed by atoms with Crippen LogP contribution < -0.4 is 10.6 Å². The van der Waals surface area contributed by atoms with Crippen LogP contribution in [0, 0.1) is 5.92 Å². The van der Waals surface area contributed by atoms with Crippen LogP contribution >= 0.6 is 0 Å². The minimum atomic E-state index is 0.536. The summed E-state index contributed by atoms with van der Waals surface area (Å²) in [5.74, 6) is 2.62. The number of ether oxygens (including phenoxy) is 1. The van der Waals surface area contributed by atoms with Gasteiger partial charge in [0.1, 0.15) is 12.4 Å². The molecule has 1 saturated heterocycles. The summed E-state index contributed by atoms with van der Waals surface area (Å²) >= 11 is 0. The zero-order valence-electron chi connectivity index (χ0n) is 15.1. The number of nitrogens with one attached hydrogen (secondary N) is 2. The number of hydrogen-bond donors (Lipinski definition) is 2. The lowest BCUT2D eigenvalue weighted by Gasteiger charge is -2.30. The molecule has 0 radical (unpaired) electrons. The second kappa shape index (κ2) is 11.1. The van der Waals surface area contributed by atoms with Crippen LogP contribution in [0.25, 0.3) is 0 Å². The first kappa shape index (κ1) is 18.8. The van der Waals surface area contributed by atoms with E-state index in [1.54, 1.807) is 6.26 Å². The average molecular weight is 336 g/mol. The molecule has 1 aliphatic heterocycles. The molecular formula is C18H32N4O2. The molecule has 2 N–H and O–H groups in total. The molecule has 6 heteroatoms. The van der Waals surface area contributed by atoms with Gasteiger partial charge in [-0.25, -0.2) is 0 Å². The molecule has 136 valence electrons. The van der Waals surface area contributed by atoms with Gasteiger partial charge in [0, 0.05) is 33.3 Å². The van der Waals surface area contributed by atoms with E-state index in [0.29, 0.717) is 13.2 Å². The molecule has 0 saturated carbocycles. The number of likely N-dealkylation sites (tertiary alicyclic amines) is 1. The van der Waals surface area contributed by atoms with Crippen LogP contribution in [0.15, 0.2) is 27.8 Å². The van der Waals surface area contributed by atoms with E-state index in [4.69, 9.17) is 9.15 Å². The summed E-state index contributed by atoms with van der Waals surface area (Å²) in [5.41, 5.74) is 0. The Kier molecular flexibility index (Phi) is 8.70. The monoisotopic (exact) mass is 336 g/mol. The third kappa shape index (κ3) is 7.36. The van der Waals surface area contributed by atoms with E-state index in [0.717, 1.165) is 43.7 Å². The highest BCUT2D eigenvalue weighted by molar-refractivity contribution is 5.79. The van der Waals surface area contributed by atoms with Gasteiger partial charge in [-0.05, 0) is 50.4 Å². The molecule has 0 aromatic carbocycles. The molecule has 0 atom stereocenters. The Hall–Kier alpha value is -1.53. The van der Waals surface area contributed by atoms with Gasteiger partial charge in [-0.2, -0.15) is 0 Å². The first-order chi connectivity index (χ1) is 11.8. The normalized spacial score (nSPS) is 17.2. The Balaban J connectivity index is 1.46. The fraction of sp³-hybridized carbons (Fsp3) is 0.722. The fourth-order valence-electron chi connectivity index (χ4n) is 2.79. The van der Waals surface area contributed by atoms with Crippen molar-refractivity contribution in [1.82, 2.24) is 15.5 Å². The van der Waals surface area contributed by atoms with E-state index in [1.807, 2.05) is 19.2 Å². The minimum absolute atomic E-state index is 0.536. The summed E-state index contributed by atoms with van der Waals surface area (Å²) in [7, 11) is 1.81. The van der Waals surface area contributed by atoms with Gasteiger partial charge < -0.3 is 24.7 Å². The Labute approximate surface area is 145 Å². The molecule has 0 unspecified atom stereocenters. The highest BCUT2D eigenvalue weighted by Gasteiger charge is 2.14. The highest BCUT2D eigenvalue weighted by atomic mass is 16.5. The SMILES string of the molecule is CN=C(NCCCOCc1ccco1)NCCN1CCC(C)CC1. The standard InChI is InChI=1S/C18H32N4O2/c1-16-6-10-22(11-7-16)12-9-21-18(19-2)20-8-4-13-23-15-17-5-3-14-24-17/h3,5,14,16H,4,6-13,15H2,1-2H3,(H2,19,20,21). The second-order valence-electron chi connectivity index (χ2n) is 6.44. The number of aliphatic imine (C=N–C) groups is 1. The lowest BCUT2D eigenvalue weighted by molar-refractivity contribution is 0.105. The number of nitrogens with zero attached hydrogens (tertiary/aromatic N) is 2. The zero-order chi connectivity index (χ0) is 17.0. The maximum absolute atomic E-state index is 5.56. The third-order valence-corrected chi connectivity index (χ3v) is 4.40. The van der Waals surface area contributed by atoms with Crippen molar-refractivity contribution in [2.24, 2.45) is 10.9 Å². The smallest absolute Gasteiger partial charge is 0.191 e. The molecule has 0 bridgehead atoms. The van der Waals surface area contributed by atoms with Crippen molar-refractivity contribution in [2.45, 2.75) is 32.8 Å². The molecule has 0 spiro atoms. The van der Waals surface area contributed by atoms with E-state index in [9.17, 15) is 0 Å². The summed E-state index contributed by atoms with van der Waals surface area (Å²) in [6.07, 6.45) is 5.25. The predicted molar refractivity (Wildman–Crippen MR) is 97.2 cm³/mol. The van der Waals surface area contributed by atoms with Crippen molar-refractivity contribution in [3.05, 3.63) is 24.2 Å². The highest BCUT2D eigenvalue weighted by Crippen LogP contribution is 2.14. The quantitative estimate of drug-likeness (QED) is 0.411. The average Bonchev–Trinajstić information content (AvgIpc) is 3.11. The van der Waals surface area contributed by atoms with Gasteiger partial charge in [-0.1, -0.05) is 6.92 Å². The Morgan fingerprint density at radius 3 is 2.83 bits per heavy atom. The Morgan fingerprint density at radius 1 is 1.33 bits per heavy atom. The lowest BCUT2D eigenvalue weighted by atomic mass is 9.99. The minimum Gasteiger partial charge on any atom is -0.467 e. The zero-order valence-corrected chi connectivity index (χ0v) is 15.1. The molecule has 1 aliphatic rings. The predicted octanol–water partition coefficient (Wildman–Crippen LogP) is 2.08. The van der Waals surface area contributed by atoms with Gasteiger partial charge in [-0.3, -0.25) is 4.99 Å². The fourth-order valence-corrected chi connectivity index (χ4v) is 2.79. The molecule has 1 aromatic rings. The van der Waals surface area contributed by atoms with Crippen LogP contribution in [0.4, 0.5) is 0 Å². The first-order valence-corrected chi connectivity index (χ1v) is 9.05. The molecule has 1 aromatic heterocycles. The van der Waals surface area contributed by atoms with Gasteiger partial charge in [-0.15, -0.1) is 0 Å². The van der Waals surface area contributed by atoms with Gasteiger partial charge in [0.15, 0.2) is 5.96 Å². The van der Waals surface area contributed by atoms with Crippen LogP contribution in [-0.4, -0.2) is 57.2 Å². The molecule has 2 heterocycles. The molecule has 6 nitrogen and oxygen atoms in total. The van der Waals surface area contributed by atoms with E-state index in [1.165, 1.54) is 25.9 Å². The number of piperidine rings is 1.